The molecule has 1 fully saturated rings. The second-order valence-electron chi connectivity index (χ2n) is 5.51. The number of piperidine rings is 1. The number of benzene rings is 1. The molecular formula is C15H24N2O. The molecule has 0 amide bonds. The van der Waals surface area contributed by atoms with Gasteiger partial charge in [-0.3, -0.25) is 0 Å². The van der Waals surface area contributed by atoms with Gasteiger partial charge in [0.05, 0.1) is 6.61 Å². The van der Waals surface area contributed by atoms with Gasteiger partial charge in [-0.1, -0.05) is 26.0 Å². The van der Waals surface area contributed by atoms with Gasteiger partial charge in [-0.25, -0.2) is 5.90 Å². The van der Waals surface area contributed by atoms with E-state index in [-0.39, 0.29) is 0 Å². The molecule has 0 atom stereocenters. The summed E-state index contributed by atoms with van der Waals surface area (Å²) in [6.07, 6.45) is 2.34. The van der Waals surface area contributed by atoms with Crippen LogP contribution in [-0.4, -0.2) is 19.7 Å². The minimum Gasteiger partial charge on any atom is -0.372 e. The molecule has 0 aliphatic carbocycles. The van der Waals surface area contributed by atoms with Gasteiger partial charge in [0, 0.05) is 18.8 Å². The van der Waals surface area contributed by atoms with Crippen LogP contribution in [0.5, 0.6) is 0 Å². The molecule has 2 rings (SSSR count). The van der Waals surface area contributed by atoms with Gasteiger partial charge in [0.2, 0.25) is 0 Å². The Labute approximate surface area is 110 Å². The molecule has 3 nitrogen and oxygen atoms in total. The fraction of sp³-hybridized carbons (Fsp3) is 0.600. The topological polar surface area (TPSA) is 38.5 Å². The molecule has 100 valence electrons. The van der Waals surface area contributed by atoms with E-state index in [4.69, 9.17) is 10.7 Å². The molecule has 0 spiro atoms. The summed E-state index contributed by atoms with van der Waals surface area (Å²) in [6.45, 7) is 7.37. The van der Waals surface area contributed by atoms with E-state index in [0.29, 0.717) is 18.4 Å². The van der Waals surface area contributed by atoms with Crippen LogP contribution in [0.25, 0.3) is 0 Å². The van der Waals surface area contributed by atoms with Crippen molar-refractivity contribution in [3.63, 3.8) is 0 Å². The first-order valence-electron chi connectivity index (χ1n) is 6.87. The maximum absolute atomic E-state index is 5.14. The summed E-state index contributed by atoms with van der Waals surface area (Å²) in [4.78, 5) is 7.20. The van der Waals surface area contributed by atoms with E-state index in [0.717, 1.165) is 13.1 Å². The van der Waals surface area contributed by atoms with E-state index in [1.165, 1.54) is 24.1 Å². The molecule has 1 saturated heterocycles. The smallest absolute Gasteiger partial charge is 0.0708 e. The fourth-order valence-corrected chi connectivity index (χ4v) is 2.56. The molecule has 0 saturated carbocycles. The van der Waals surface area contributed by atoms with Crippen LogP contribution in [0.2, 0.25) is 0 Å². The van der Waals surface area contributed by atoms with Crippen molar-refractivity contribution >= 4 is 5.69 Å². The van der Waals surface area contributed by atoms with Gasteiger partial charge in [-0.05, 0) is 42.4 Å². The Kier molecular flexibility index (Phi) is 4.61. The second kappa shape index (κ2) is 6.21. The number of hydrogen-bond donors (Lipinski definition) is 1. The molecule has 0 radical (unpaired) electrons. The van der Waals surface area contributed by atoms with Crippen LogP contribution in [0.3, 0.4) is 0 Å². The predicted octanol–water partition coefficient (Wildman–Crippen LogP) is 2.92. The summed E-state index contributed by atoms with van der Waals surface area (Å²) in [7, 11) is 0. The number of rotatable bonds is 4. The lowest BCUT2D eigenvalue weighted by atomic mass is 9.97. The van der Waals surface area contributed by atoms with Crippen LogP contribution in [-0.2, 0) is 4.84 Å². The Morgan fingerprint density at radius 1 is 1.22 bits per heavy atom. The molecule has 0 unspecified atom stereocenters. The van der Waals surface area contributed by atoms with Crippen LogP contribution < -0.4 is 10.8 Å². The monoisotopic (exact) mass is 248 g/mol. The molecule has 1 aliphatic heterocycles. The lowest BCUT2D eigenvalue weighted by Gasteiger charge is -2.33. The third-order valence-corrected chi connectivity index (χ3v) is 3.87. The minimum absolute atomic E-state index is 0.603. The molecule has 18 heavy (non-hydrogen) atoms. The van der Waals surface area contributed by atoms with Gasteiger partial charge < -0.3 is 9.74 Å². The van der Waals surface area contributed by atoms with E-state index < -0.39 is 0 Å². The van der Waals surface area contributed by atoms with Crippen LogP contribution in [0.1, 0.15) is 38.2 Å². The summed E-state index contributed by atoms with van der Waals surface area (Å²) in [6, 6.07) is 8.98. The normalized spacial score (nSPS) is 17.4. The number of nitrogens with zero attached hydrogens (tertiary/aromatic N) is 1. The number of hydrogen-bond acceptors (Lipinski definition) is 3. The van der Waals surface area contributed by atoms with Crippen molar-refractivity contribution in [2.45, 2.75) is 32.6 Å². The molecular weight excluding hydrogens is 224 g/mol. The first-order valence-corrected chi connectivity index (χ1v) is 6.87. The summed E-state index contributed by atoms with van der Waals surface area (Å²) >= 11 is 0. The Morgan fingerprint density at radius 3 is 2.33 bits per heavy atom. The number of anilines is 1. The van der Waals surface area contributed by atoms with E-state index in [1.807, 2.05) is 0 Å². The zero-order valence-corrected chi connectivity index (χ0v) is 11.4. The zero-order valence-electron chi connectivity index (χ0n) is 11.4. The predicted molar refractivity (Wildman–Crippen MR) is 75.6 cm³/mol. The van der Waals surface area contributed by atoms with Gasteiger partial charge in [0.1, 0.15) is 0 Å². The highest BCUT2D eigenvalue weighted by atomic mass is 16.6. The highest BCUT2D eigenvalue weighted by molar-refractivity contribution is 5.48. The Morgan fingerprint density at radius 2 is 1.83 bits per heavy atom. The highest BCUT2D eigenvalue weighted by Gasteiger charge is 2.19. The minimum atomic E-state index is 0.603. The largest absolute Gasteiger partial charge is 0.372 e. The van der Waals surface area contributed by atoms with Crippen molar-refractivity contribution in [3.05, 3.63) is 29.8 Å². The summed E-state index contributed by atoms with van der Waals surface area (Å²) in [5.74, 6) is 6.37. The van der Waals surface area contributed by atoms with Crippen molar-refractivity contribution in [1.82, 2.24) is 0 Å². The second-order valence-corrected chi connectivity index (χ2v) is 5.51. The molecule has 1 aromatic carbocycles. The third kappa shape index (κ3) is 3.24. The molecule has 1 aliphatic rings. The van der Waals surface area contributed by atoms with Gasteiger partial charge in [-0.2, -0.15) is 0 Å². The quantitative estimate of drug-likeness (QED) is 0.833. The van der Waals surface area contributed by atoms with E-state index in [1.54, 1.807) is 0 Å². The molecule has 1 aromatic rings. The maximum Gasteiger partial charge on any atom is 0.0708 e. The molecule has 0 bridgehead atoms. The van der Waals surface area contributed by atoms with Crippen molar-refractivity contribution in [1.29, 1.82) is 0 Å². The van der Waals surface area contributed by atoms with Crippen LogP contribution in [0, 0.1) is 5.92 Å². The van der Waals surface area contributed by atoms with Crippen LogP contribution >= 0.6 is 0 Å². The summed E-state index contributed by atoms with van der Waals surface area (Å²) in [5, 5.41) is 0. The van der Waals surface area contributed by atoms with Gasteiger partial charge in [-0.15, -0.1) is 0 Å². The molecule has 1 heterocycles. The van der Waals surface area contributed by atoms with Gasteiger partial charge in [0.15, 0.2) is 0 Å². The lowest BCUT2D eigenvalue weighted by molar-refractivity contribution is 0.0918. The molecule has 0 aromatic heterocycles. The molecule has 2 N–H and O–H groups in total. The van der Waals surface area contributed by atoms with Gasteiger partial charge >= 0.3 is 0 Å². The molecule has 3 heteroatoms. The van der Waals surface area contributed by atoms with Gasteiger partial charge in [0.25, 0.3) is 0 Å². The Hall–Kier alpha value is -1.06. The standard InChI is InChI=1S/C15H24N2O/c1-12(2)14-3-5-15(6-4-14)17-9-7-13(8-10-17)11-18-16/h3-6,12-13H,7-11,16H2,1-2H3. The third-order valence-electron chi connectivity index (χ3n) is 3.87. The van der Waals surface area contributed by atoms with Crippen LogP contribution in [0.4, 0.5) is 5.69 Å². The van der Waals surface area contributed by atoms with E-state index in [2.05, 4.69) is 43.0 Å². The maximum atomic E-state index is 5.14. The zero-order chi connectivity index (χ0) is 13.0. The SMILES string of the molecule is CC(C)c1ccc(N2CCC(CON)CC2)cc1. The average molecular weight is 248 g/mol. The van der Waals surface area contributed by atoms with E-state index >= 15 is 0 Å². The lowest BCUT2D eigenvalue weighted by Crippen LogP contribution is -2.35. The first-order chi connectivity index (χ1) is 8.70. The summed E-state index contributed by atoms with van der Waals surface area (Å²) < 4.78 is 0. The van der Waals surface area contributed by atoms with Crippen molar-refractivity contribution < 1.29 is 4.84 Å². The average Bonchev–Trinajstić information content (AvgIpc) is 2.40. The fourth-order valence-electron chi connectivity index (χ4n) is 2.56. The van der Waals surface area contributed by atoms with Crippen LogP contribution in [0.15, 0.2) is 24.3 Å². The highest BCUT2D eigenvalue weighted by Crippen LogP contribution is 2.25. The Balaban J connectivity index is 1.93. The first kappa shape index (κ1) is 13.4. The Bertz CT molecular complexity index is 353. The van der Waals surface area contributed by atoms with Crippen molar-refractivity contribution in [2.75, 3.05) is 24.6 Å². The summed E-state index contributed by atoms with van der Waals surface area (Å²) in [5.41, 5.74) is 2.75. The van der Waals surface area contributed by atoms with E-state index in [9.17, 15) is 0 Å². The van der Waals surface area contributed by atoms with Crippen molar-refractivity contribution in [3.8, 4) is 0 Å². The number of nitrogens with two attached hydrogens (primary N) is 1. The van der Waals surface area contributed by atoms with Crippen molar-refractivity contribution in [2.24, 2.45) is 11.8 Å².